The van der Waals surface area contributed by atoms with Crippen molar-refractivity contribution >= 4 is 17.6 Å². The summed E-state index contributed by atoms with van der Waals surface area (Å²) in [4.78, 5) is 8.74. The molecule has 3 rings (SSSR count). The first-order valence-corrected chi connectivity index (χ1v) is 8.83. The number of aromatic amines is 1. The SMILES string of the molecule is C=C(/C=C(\O)CNc1nc(C)cc(Nc2cc(C)[nH]n2)n1)C1=CC=CCC#C1. The van der Waals surface area contributed by atoms with E-state index in [2.05, 4.69) is 49.2 Å². The molecule has 28 heavy (non-hydrogen) atoms. The summed E-state index contributed by atoms with van der Waals surface area (Å²) in [7, 11) is 0. The molecular weight excluding hydrogens is 352 g/mol. The number of hydrogen-bond acceptors (Lipinski definition) is 6. The minimum atomic E-state index is 0.114. The van der Waals surface area contributed by atoms with Gasteiger partial charge in [-0.2, -0.15) is 10.1 Å². The molecule has 0 aromatic carbocycles. The van der Waals surface area contributed by atoms with E-state index < -0.39 is 0 Å². The van der Waals surface area contributed by atoms with Crippen LogP contribution >= 0.6 is 0 Å². The molecule has 4 N–H and O–H groups in total. The summed E-state index contributed by atoms with van der Waals surface area (Å²) in [6.45, 7) is 7.93. The van der Waals surface area contributed by atoms with Crippen molar-refractivity contribution in [3.05, 3.63) is 71.3 Å². The molecular formula is C21H22N6O. The van der Waals surface area contributed by atoms with E-state index in [4.69, 9.17) is 0 Å². The Hall–Kier alpha value is -3.79. The van der Waals surface area contributed by atoms with E-state index in [9.17, 15) is 5.11 Å². The smallest absolute Gasteiger partial charge is 0.225 e. The molecule has 0 bridgehead atoms. The van der Waals surface area contributed by atoms with E-state index in [1.54, 1.807) is 6.08 Å². The number of aliphatic hydroxyl groups excluding tert-OH is 1. The fourth-order valence-electron chi connectivity index (χ4n) is 2.49. The highest BCUT2D eigenvalue weighted by Crippen LogP contribution is 2.16. The zero-order valence-electron chi connectivity index (χ0n) is 15.9. The van der Waals surface area contributed by atoms with Crippen molar-refractivity contribution in [2.75, 3.05) is 17.2 Å². The highest BCUT2D eigenvalue weighted by molar-refractivity contribution is 5.55. The molecule has 0 saturated heterocycles. The molecule has 0 aliphatic heterocycles. The maximum Gasteiger partial charge on any atom is 0.225 e. The van der Waals surface area contributed by atoms with Crippen LogP contribution in [-0.4, -0.2) is 31.8 Å². The second kappa shape index (κ2) is 8.73. The predicted octanol–water partition coefficient (Wildman–Crippen LogP) is 3.86. The molecule has 2 heterocycles. The van der Waals surface area contributed by atoms with Gasteiger partial charge in [0.1, 0.15) is 11.6 Å². The number of nitrogens with one attached hydrogen (secondary N) is 3. The Kier molecular flexibility index (Phi) is 5.92. The fraction of sp³-hybridized carbons (Fsp3) is 0.190. The molecule has 0 amide bonds. The van der Waals surface area contributed by atoms with Gasteiger partial charge in [0.2, 0.25) is 5.95 Å². The average Bonchev–Trinajstić information content (AvgIpc) is 2.89. The molecule has 1 aliphatic carbocycles. The van der Waals surface area contributed by atoms with Gasteiger partial charge < -0.3 is 15.7 Å². The Morgan fingerprint density at radius 2 is 2.18 bits per heavy atom. The van der Waals surface area contributed by atoms with Crippen molar-refractivity contribution in [1.82, 2.24) is 20.2 Å². The van der Waals surface area contributed by atoms with Gasteiger partial charge >= 0.3 is 0 Å². The maximum absolute atomic E-state index is 10.2. The maximum atomic E-state index is 10.2. The molecule has 1 aliphatic rings. The van der Waals surface area contributed by atoms with Crippen molar-refractivity contribution < 1.29 is 5.11 Å². The van der Waals surface area contributed by atoms with Crippen LogP contribution in [0.25, 0.3) is 0 Å². The van der Waals surface area contributed by atoms with Crippen LogP contribution in [0.1, 0.15) is 17.8 Å². The number of nitrogens with zero attached hydrogens (tertiary/aromatic N) is 3. The minimum absolute atomic E-state index is 0.114. The predicted molar refractivity (Wildman–Crippen MR) is 111 cm³/mol. The minimum Gasteiger partial charge on any atom is -0.510 e. The summed E-state index contributed by atoms with van der Waals surface area (Å²) in [6, 6.07) is 3.70. The zero-order chi connectivity index (χ0) is 19.9. The van der Waals surface area contributed by atoms with Crippen LogP contribution < -0.4 is 10.6 Å². The van der Waals surface area contributed by atoms with E-state index in [0.717, 1.165) is 17.0 Å². The number of H-pyrrole nitrogens is 1. The molecule has 0 fully saturated rings. The van der Waals surface area contributed by atoms with Gasteiger partial charge in [0.25, 0.3) is 0 Å². The first-order chi connectivity index (χ1) is 13.5. The van der Waals surface area contributed by atoms with Crippen LogP contribution in [0.2, 0.25) is 0 Å². The standard InChI is InChI=1S/C21H22N6O/c1-14(17-8-6-4-5-7-9-17)10-18(28)13-22-21-23-15(2)11-19(25-21)24-20-12-16(3)26-27-20/h4,6,8,10-12,28H,1,5,13H2,2-3H3,(H3,22,23,24,25,26,27)/b18-10-. The molecule has 7 heteroatoms. The molecule has 0 unspecified atom stereocenters. The van der Waals surface area contributed by atoms with Crippen LogP contribution in [0.5, 0.6) is 0 Å². The molecule has 7 nitrogen and oxygen atoms in total. The van der Waals surface area contributed by atoms with Gasteiger partial charge in [-0.15, -0.1) is 0 Å². The number of aromatic nitrogens is 4. The molecule has 2 aromatic rings. The molecule has 142 valence electrons. The monoisotopic (exact) mass is 374 g/mol. The normalized spacial score (nSPS) is 13.2. The highest BCUT2D eigenvalue weighted by Gasteiger charge is 2.06. The fourth-order valence-corrected chi connectivity index (χ4v) is 2.49. The lowest BCUT2D eigenvalue weighted by Gasteiger charge is -2.09. The van der Waals surface area contributed by atoms with E-state index in [1.807, 2.05) is 44.2 Å². The number of rotatable bonds is 7. The van der Waals surface area contributed by atoms with E-state index in [-0.39, 0.29) is 12.3 Å². The largest absolute Gasteiger partial charge is 0.510 e. The summed E-state index contributed by atoms with van der Waals surface area (Å²) >= 11 is 0. The first kappa shape index (κ1) is 19.0. The van der Waals surface area contributed by atoms with E-state index in [1.165, 1.54) is 0 Å². The van der Waals surface area contributed by atoms with Crippen LogP contribution in [0.4, 0.5) is 17.6 Å². The van der Waals surface area contributed by atoms with Crippen molar-refractivity contribution in [2.24, 2.45) is 0 Å². The van der Waals surface area contributed by atoms with E-state index in [0.29, 0.717) is 29.6 Å². The number of aliphatic hydroxyl groups is 1. The Balaban J connectivity index is 1.64. The second-order valence-electron chi connectivity index (χ2n) is 6.31. The quantitative estimate of drug-likeness (QED) is 0.334. The third-order valence-electron chi connectivity index (χ3n) is 3.77. The van der Waals surface area contributed by atoms with Crippen molar-refractivity contribution in [2.45, 2.75) is 20.3 Å². The molecule has 0 saturated carbocycles. The van der Waals surface area contributed by atoms with E-state index >= 15 is 0 Å². The van der Waals surface area contributed by atoms with Gasteiger partial charge in [0.05, 0.1) is 6.54 Å². The summed E-state index contributed by atoms with van der Waals surface area (Å²) < 4.78 is 0. The Labute approximate surface area is 164 Å². The van der Waals surface area contributed by atoms with Gasteiger partial charge in [-0.3, -0.25) is 5.10 Å². The molecule has 0 radical (unpaired) electrons. The highest BCUT2D eigenvalue weighted by atomic mass is 16.3. The Morgan fingerprint density at radius 3 is 2.96 bits per heavy atom. The van der Waals surface area contributed by atoms with Gasteiger partial charge in [-0.1, -0.05) is 30.6 Å². The van der Waals surface area contributed by atoms with Crippen molar-refractivity contribution in [3.63, 3.8) is 0 Å². The lowest BCUT2D eigenvalue weighted by Crippen LogP contribution is -2.09. The van der Waals surface area contributed by atoms with Gasteiger partial charge in [0.15, 0.2) is 5.82 Å². The van der Waals surface area contributed by atoms with Crippen molar-refractivity contribution in [1.29, 1.82) is 0 Å². The zero-order valence-corrected chi connectivity index (χ0v) is 15.9. The second-order valence-corrected chi connectivity index (χ2v) is 6.31. The van der Waals surface area contributed by atoms with Gasteiger partial charge in [-0.05, 0) is 31.6 Å². The molecule has 0 spiro atoms. The van der Waals surface area contributed by atoms with Crippen molar-refractivity contribution in [3.8, 4) is 11.8 Å². The molecule has 0 atom stereocenters. The summed E-state index contributed by atoms with van der Waals surface area (Å²) in [6.07, 6.45) is 8.09. The first-order valence-electron chi connectivity index (χ1n) is 8.83. The van der Waals surface area contributed by atoms with Gasteiger partial charge in [0, 0.05) is 35.5 Å². The third-order valence-corrected chi connectivity index (χ3v) is 3.77. The number of aryl methyl sites for hydroxylation is 2. The number of allylic oxidation sites excluding steroid dienone is 6. The number of hydrogen-bond donors (Lipinski definition) is 4. The molecule has 2 aromatic heterocycles. The lowest BCUT2D eigenvalue weighted by molar-refractivity contribution is 0.407. The summed E-state index contributed by atoms with van der Waals surface area (Å²) in [5.41, 5.74) is 3.17. The Morgan fingerprint density at radius 1 is 1.32 bits per heavy atom. The lowest BCUT2D eigenvalue weighted by atomic mass is 10.1. The third kappa shape index (κ3) is 5.35. The number of anilines is 3. The summed E-state index contributed by atoms with van der Waals surface area (Å²) in [5.74, 6) is 7.85. The van der Waals surface area contributed by atoms with Crippen LogP contribution in [0.3, 0.4) is 0 Å². The summed E-state index contributed by atoms with van der Waals surface area (Å²) in [5, 5.41) is 23.4. The average molecular weight is 374 g/mol. The van der Waals surface area contributed by atoms with Crippen LogP contribution in [0, 0.1) is 25.7 Å². The van der Waals surface area contributed by atoms with Gasteiger partial charge in [-0.25, -0.2) is 4.98 Å². The Bertz CT molecular complexity index is 1030. The van der Waals surface area contributed by atoms with Crippen LogP contribution in [-0.2, 0) is 0 Å². The topological polar surface area (TPSA) is 98.8 Å². The van der Waals surface area contributed by atoms with Crippen LogP contribution in [0.15, 0.2) is 59.9 Å².